The number of rotatable bonds is 11. The number of halogens is 2. The van der Waals surface area contributed by atoms with Crippen molar-refractivity contribution < 1.29 is 26.9 Å². The molecule has 1 saturated heterocycles. The Morgan fingerprint density at radius 3 is 2.74 bits per heavy atom. The number of hydrogen-bond donors (Lipinski definition) is 2. The fourth-order valence-corrected chi connectivity index (χ4v) is 6.91. The summed E-state index contributed by atoms with van der Waals surface area (Å²) >= 11 is 7.20. The van der Waals surface area contributed by atoms with Crippen LogP contribution < -0.4 is 15.4 Å². The van der Waals surface area contributed by atoms with Gasteiger partial charge in [-0.25, -0.2) is 22.5 Å². The number of quaternary nitrogens is 1. The van der Waals surface area contributed by atoms with E-state index in [1.54, 1.807) is 35.2 Å². The number of nitrogens with one attached hydrogen (secondary N) is 1. The van der Waals surface area contributed by atoms with E-state index in [4.69, 9.17) is 17.3 Å². The Kier molecular flexibility index (Phi) is 8.23. The summed E-state index contributed by atoms with van der Waals surface area (Å²) in [6.07, 6.45) is 3.77. The molecule has 3 aromatic rings. The number of nitrogens with zero attached hydrogens (tertiary/aromatic N) is 4. The number of nitrogens with two attached hydrogens (primary N) is 1. The lowest BCUT2D eigenvalue weighted by atomic mass is 10.2. The van der Waals surface area contributed by atoms with Crippen LogP contribution in [0.15, 0.2) is 42.7 Å². The predicted octanol–water partition coefficient (Wildman–Crippen LogP) is 2.06. The lowest BCUT2D eigenvalue weighted by Gasteiger charge is -2.28. The Morgan fingerprint density at radius 1 is 1.32 bits per heavy atom. The summed E-state index contributed by atoms with van der Waals surface area (Å²) in [5.41, 5.74) is 5.91. The zero-order chi connectivity index (χ0) is 27.7. The Balaban J connectivity index is 1.44. The van der Waals surface area contributed by atoms with E-state index in [0.29, 0.717) is 22.4 Å². The molecule has 2 aromatic heterocycles. The van der Waals surface area contributed by atoms with Gasteiger partial charge >= 0.3 is 0 Å². The number of carbonyl (C=O) groups is 2. The van der Waals surface area contributed by atoms with Crippen molar-refractivity contribution in [3.05, 3.63) is 63.6 Å². The van der Waals surface area contributed by atoms with E-state index in [1.165, 1.54) is 28.4 Å². The number of anilines is 1. The largest absolute Gasteiger partial charge is 0.365 e. The molecule has 3 N–H and O–H groups in total. The first-order chi connectivity index (χ1) is 17.8. The maximum atomic E-state index is 15.2. The Morgan fingerprint density at radius 2 is 2.08 bits per heavy atom. The molecular formula is C24H29ClFN6O4S2+. The van der Waals surface area contributed by atoms with Gasteiger partial charge in [0.05, 0.1) is 29.9 Å². The van der Waals surface area contributed by atoms with Crippen molar-refractivity contribution in [1.82, 2.24) is 14.3 Å². The molecule has 204 valence electrons. The van der Waals surface area contributed by atoms with Crippen LogP contribution in [0, 0.1) is 5.82 Å². The van der Waals surface area contributed by atoms with E-state index >= 15 is 4.39 Å². The van der Waals surface area contributed by atoms with Crippen molar-refractivity contribution >= 4 is 50.5 Å². The number of carbonyl (C=O) groups excluding carboxylic acids is 2. The molecule has 38 heavy (non-hydrogen) atoms. The minimum absolute atomic E-state index is 0.0696. The number of benzene rings is 1. The summed E-state index contributed by atoms with van der Waals surface area (Å²) in [4.78, 5) is 30.8. The lowest BCUT2D eigenvalue weighted by Crippen LogP contribution is -2.45. The topological polar surface area (TPSA) is 127 Å². The second-order valence-corrected chi connectivity index (χ2v) is 13.5. The van der Waals surface area contributed by atoms with Gasteiger partial charge in [0.15, 0.2) is 12.4 Å². The number of aryl methyl sites for hydroxylation is 1. The van der Waals surface area contributed by atoms with Crippen LogP contribution in [0.25, 0.3) is 5.69 Å². The molecule has 10 nitrogen and oxygen atoms in total. The van der Waals surface area contributed by atoms with E-state index in [1.807, 2.05) is 14.1 Å². The molecule has 1 fully saturated rings. The van der Waals surface area contributed by atoms with Crippen molar-refractivity contribution in [3.63, 3.8) is 0 Å². The second kappa shape index (κ2) is 11.1. The molecule has 14 heteroatoms. The molecule has 0 aliphatic carbocycles. The summed E-state index contributed by atoms with van der Waals surface area (Å²) < 4.78 is 45.4. The van der Waals surface area contributed by atoms with E-state index in [9.17, 15) is 18.0 Å². The first-order valence-corrected chi connectivity index (χ1v) is 14.7. The second-order valence-electron chi connectivity index (χ2n) is 9.79. The van der Waals surface area contributed by atoms with Crippen molar-refractivity contribution in [2.45, 2.75) is 25.4 Å². The van der Waals surface area contributed by atoms with Crippen LogP contribution >= 0.6 is 22.9 Å². The highest BCUT2D eigenvalue weighted by Crippen LogP contribution is 2.28. The Bertz CT molecular complexity index is 1460. The van der Waals surface area contributed by atoms with Crippen LogP contribution in [0.5, 0.6) is 0 Å². The number of sulfonamides is 1. The van der Waals surface area contributed by atoms with Crippen molar-refractivity contribution in [1.29, 1.82) is 0 Å². The van der Waals surface area contributed by atoms with E-state index < -0.39 is 33.7 Å². The van der Waals surface area contributed by atoms with Gasteiger partial charge in [-0.3, -0.25) is 14.2 Å². The third-order valence-corrected chi connectivity index (χ3v) is 8.82. The van der Waals surface area contributed by atoms with Crippen molar-refractivity contribution in [2.24, 2.45) is 5.73 Å². The number of aromatic nitrogens is 2. The van der Waals surface area contributed by atoms with E-state index in [-0.39, 0.29) is 41.9 Å². The summed E-state index contributed by atoms with van der Waals surface area (Å²) in [7, 11) is -0.0505. The number of primary amides is 1. The monoisotopic (exact) mass is 583 g/mol. The van der Waals surface area contributed by atoms with Gasteiger partial charge in [0.2, 0.25) is 15.9 Å². The summed E-state index contributed by atoms with van der Waals surface area (Å²) in [5.74, 6) is -1.14. The Labute approximate surface area is 229 Å². The summed E-state index contributed by atoms with van der Waals surface area (Å²) in [6.45, 7) is 0.674. The molecule has 1 aliphatic rings. The van der Waals surface area contributed by atoms with Crippen LogP contribution in [0.3, 0.4) is 0 Å². The first-order valence-electron chi connectivity index (χ1n) is 11.8. The minimum Gasteiger partial charge on any atom is -0.365 e. The number of amides is 2. The van der Waals surface area contributed by atoms with Crippen LogP contribution in [0.2, 0.25) is 4.34 Å². The molecule has 3 heterocycles. The van der Waals surface area contributed by atoms with Crippen molar-refractivity contribution in [2.75, 3.05) is 37.8 Å². The van der Waals surface area contributed by atoms with E-state index in [0.717, 1.165) is 4.88 Å². The summed E-state index contributed by atoms with van der Waals surface area (Å²) in [5, 5.41) is 0. The smallest absolute Gasteiger partial charge is 0.272 e. The van der Waals surface area contributed by atoms with Crippen LogP contribution in [0.4, 0.5) is 10.1 Å². The van der Waals surface area contributed by atoms with Crippen LogP contribution in [0.1, 0.15) is 17.1 Å². The van der Waals surface area contributed by atoms with Crippen LogP contribution in [-0.2, 0) is 32.6 Å². The third-order valence-electron chi connectivity index (χ3n) is 6.14. The van der Waals surface area contributed by atoms with Crippen LogP contribution in [-0.4, -0.2) is 73.2 Å². The molecule has 0 spiro atoms. The highest BCUT2D eigenvalue weighted by molar-refractivity contribution is 7.89. The standard InChI is InChI=1S/C24H28ClFN6O4S2/c1-32(2,14-22(27)33)15-23-28-9-11-30(23)16-3-5-20(18(26)13-16)31-10-7-19(24(31)34)29-38(35,36)12-8-17-4-6-21(25)37-17/h3-6,9,11,13,19,29H,7-8,10,12,14-15H2,1-2H3,(H-,27,33)/p+1/t19-/m0/s1. The SMILES string of the molecule is C[N+](C)(CC(N)=O)Cc1nccn1-c1ccc(N2CC[C@H](NS(=O)(=O)CCc3ccc(Cl)s3)C2=O)c(F)c1. The molecular weight excluding hydrogens is 555 g/mol. The maximum absolute atomic E-state index is 15.2. The van der Waals surface area contributed by atoms with Gasteiger partial charge in [0, 0.05) is 35.6 Å². The highest BCUT2D eigenvalue weighted by Gasteiger charge is 2.36. The number of imidazole rings is 1. The fraction of sp³-hybridized carbons (Fsp3) is 0.375. The molecule has 2 amide bonds. The zero-order valence-electron chi connectivity index (χ0n) is 20.9. The molecule has 1 aliphatic heterocycles. The zero-order valence-corrected chi connectivity index (χ0v) is 23.3. The highest BCUT2D eigenvalue weighted by atomic mass is 35.5. The average molecular weight is 584 g/mol. The predicted molar refractivity (Wildman–Crippen MR) is 144 cm³/mol. The maximum Gasteiger partial charge on any atom is 0.272 e. The van der Waals surface area contributed by atoms with Gasteiger partial charge < -0.3 is 15.1 Å². The molecule has 0 unspecified atom stereocenters. The quantitative estimate of drug-likeness (QED) is 0.334. The molecule has 0 radical (unpaired) electrons. The normalized spacial score (nSPS) is 16.4. The van der Waals surface area contributed by atoms with Gasteiger partial charge in [-0.1, -0.05) is 11.6 Å². The fourth-order valence-electron chi connectivity index (χ4n) is 4.44. The number of likely N-dealkylation sites (N-methyl/N-ethyl adjacent to an activating group) is 1. The minimum atomic E-state index is -3.73. The summed E-state index contributed by atoms with van der Waals surface area (Å²) in [6, 6.07) is 6.97. The molecule has 0 saturated carbocycles. The van der Waals surface area contributed by atoms with Gasteiger partial charge in [0.1, 0.15) is 18.4 Å². The number of hydrogen-bond acceptors (Lipinski definition) is 6. The van der Waals surface area contributed by atoms with Crippen molar-refractivity contribution in [3.8, 4) is 5.69 Å². The number of thiophene rings is 1. The molecule has 1 aromatic carbocycles. The lowest BCUT2D eigenvalue weighted by molar-refractivity contribution is -0.896. The Hall–Kier alpha value is -2.84. The average Bonchev–Trinajstić information content (AvgIpc) is 3.52. The van der Waals surface area contributed by atoms with Gasteiger partial charge in [0.25, 0.3) is 5.91 Å². The van der Waals surface area contributed by atoms with Gasteiger partial charge in [-0.2, -0.15) is 0 Å². The van der Waals surface area contributed by atoms with Gasteiger partial charge in [-0.15, -0.1) is 11.3 Å². The first kappa shape index (κ1) is 28.2. The third kappa shape index (κ3) is 6.77. The molecule has 0 bridgehead atoms. The van der Waals surface area contributed by atoms with E-state index in [2.05, 4.69) is 9.71 Å². The molecule has 1 atom stereocenters. The molecule has 4 rings (SSSR count). The van der Waals surface area contributed by atoms with Gasteiger partial charge in [-0.05, 0) is 37.1 Å².